The van der Waals surface area contributed by atoms with Crippen LogP contribution in [0, 0.1) is 11.8 Å². The minimum atomic E-state index is -4.63. The highest BCUT2D eigenvalue weighted by atomic mass is 32.2. The molecule has 2 saturated carbocycles. The predicted molar refractivity (Wildman–Crippen MR) is 140 cm³/mol. The van der Waals surface area contributed by atoms with Gasteiger partial charge in [-0.05, 0) is 99.1 Å². The van der Waals surface area contributed by atoms with Crippen molar-refractivity contribution in [2.24, 2.45) is 11.8 Å². The minimum Gasteiger partial charge on any atom is -0.294 e. The Balaban J connectivity index is 1.27. The number of hydrogen-bond donors (Lipinski definition) is 0. The molecule has 0 spiro atoms. The van der Waals surface area contributed by atoms with Crippen LogP contribution in [-0.4, -0.2) is 25.1 Å². The van der Waals surface area contributed by atoms with E-state index in [1.165, 1.54) is 12.1 Å². The molecule has 2 fully saturated rings. The summed E-state index contributed by atoms with van der Waals surface area (Å²) in [7, 11) is -4.01. The average molecular weight is 589 g/mol. The van der Waals surface area contributed by atoms with E-state index in [0.29, 0.717) is 36.5 Å². The van der Waals surface area contributed by atoms with Gasteiger partial charge < -0.3 is 0 Å². The van der Waals surface area contributed by atoms with Gasteiger partial charge in [-0.1, -0.05) is 31.0 Å². The smallest absolute Gasteiger partial charge is 0.294 e. The van der Waals surface area contributed by atoms with Crippen molar-refractivity contribution in [2.45, 2.75) is 99.5 Å². The van der Waals surface area contributed by atoms with Crippen LogP contribution in [0.4, 0.5) is 26.3 Å². The van der Waals surface area contributed by atoms with Crippen LogP contribution in [0.1, 0.15) is 98.2 Å². The second kappa shape index (κ2) is 11.1. The molecule has 0 bridgehead atoms. The lowest BCUT2D eigenvalue weighted by atomic mass is 9.67. The second-order valence-electron chi connectivity index (χ2n) is 11.8. The lowest BCUT2D eigenvalue weighted by Crippen LogP contribution is -2.46. The maximum Gasteiger partial charge on any atom is 0.416 e. The molecule has 220 valence electrons. The summed E-state index contributed by atoms with van der Waals surface area (Å²) < 4.78 is 104. The highest BCUT2D eigenvalue weighted by Crippen LogP contribution is 2.48. The molecule has 0 amide bonds. The van der Waals surface area contributed by atoms with E-state index in [9.17, 15) is 39.6 Å². The summed E-state index contributed by atoms with van der Waals surface area (Å²) >= 11 is 0. The second-order valence-corrected chi connectivity index (χ2v) is 14.3. The number of alkyl halides is 6. The number of benzene rings is 2. The van der Waals surface area contributed by atoms with E-state index in [4.69, 9.17) is 0 Å². The van der Waals surface area contributed by atoms with Gasteiger partial charge in [-0.2, -0.15) is 26.3 Å². The Kier molecular flexibility index (Phi) is 8.52. The number of hydrogen-bond acceptors (Lipinski definition) is 3. The van der Waals surface area contributed by atoms with Gasteiger partial charge in [0.05, 0.1) is 21.6 Å². The Hall–Kier alpha value is -2.36. The van der Waals surface area contributed by atoms with Crippen molar-refractivity contribution in [1.82, 2.24) is 0 Å². The molecule has 0 saturated heterocycles. The fraction of sp³-hybridized carbons (Fsp3) is 0.567. The zero-order chi connectivity index (χ0) is 29.5. The third-order valence-corrected chi connectivity index (χ3v) is 11.1. The van der Waals surface area contributed by atoms with Crippen LogP contribution in [0.2, 0.25) is 0 Å². The Morgan fingerprint density at radius 3 is 2.20 bits per heavy atom. The molecule has 0 unspecified atom stereocenters. The van der Waals surface area contributed by atoms with E-state index >= 15 is 0 Å². The number of Topliss-reactive ketones (excluding diaryl/α,β-unsaturated/α-hetero) is 1. The summed E-state index contributed by atoms with van der Waals surface area (Å²) in [6.07, 6.45) is -4.72. The highest BCUT2D eigenvalue weighted by Gasteiger charge is 2.48. The number of carbonyl (C=O) groups excluding carboxylic acids is 1. The zero-order valence-corrected chi connectivity index (χ0v) is 23.4. The molecular weight excluding hydrogens is 554 g/mol. The van der Waals surface area contributed by atoms with Crippen LogP contribution in [-0.2, 0) is 22.4 Å². The first-order valence-electron chi connectivity index (χ1n) is 13.6. The van der Waals surface area contributed by atoms with Crippen LogP contribution >= 0.6 is 0 Å². The summed E-state index contributed by atoms with van der Waals surface area (Å²) in [5.74, 6) is 0.0198. The zero-order valence-electron chi connectivity index (χ0n) is 22.5. The number of unbranched alkanes of at least 4 members (excludes halogenated alkanes) is 1. The molecule has 0 radical (unpaired) electrons. The van der Waals surface area contributed by atoms with Gasteiger partial charge in [-0.15, -0.1) is 0 Å². The SMILES string of the molecule is CC(C)(C1CC(CCCCC(=O)c2ccc(C3CC3)c(CC(F)(F)F)c2)C1)S(=O)(=O)c1cccc(C(F)(F)F)c1. The van der Waals surface area contributed by atoms with Crippen molar-refractivity contribution in [3.8, 4) is 0 Å². The van der Waals surface area contributed by atoms with E-state index in [1.54, 1.807) is 26.0 Å². The maximum atomic E-state index is 13.2. The van der Waals surface area contributed by atoms with Gasteiger partial charge in [-0.25, -0.2) is 8.42 Å². The van der Waals surface area contributed by atoms with Crippen molar-refractivity contribution in [3.05, 3.63) is 64.7 Å². The van der Waals surface area contributed by atoms with E-state index in [1.807, 2.05) is 0 Å². The average Bonchev–Trinajstić information content (AvgIpc) is 3.66. The number of rotatable bonds is 11. The van der Waals surface area contributed by atoms with Crippen molar-refractivity contribution < 1.29 is 39.6 Å². The summed E-state index contributed by atoms with van der Waals surface area (Å²) in [6.45, 7) is 3.12. The highest BCUT2D eigenvalue weighted by molar-refractivity contribution is 7.92. The Morgan fingerprint density at radius 2 is 1.60 bits per heavy atom. The summed E-state index contributed by atoms with van der Waals surface area (Å²) in [5.41, 5.74) is 0.171. The predicted octanol–water partition coefficient (Wildman–Crippen LogP) is 8.71. The third kappa shape index (κ3) is 6.92. The molecule has 0 aliphatic heterocycles. The molecule has 0 heterocycles. The van der Waals surface area contributed by atoms with Gasteiger partial charge in [0.2, 0.25) is 0 Å². The van der Waals surface area contributed by atoms with Crippen LogP contribution in [0.15, 0.2) is 47.4 Å². The van der Waals surface area contributed by atoms with Gasteiger partial charge in [0, 0.05) is 12.0 Å². The van der Waals surface area contributed by atoms with E-state index in [0.717, 1.165) is 37.8 Å². The standard InChI is InChI=1S/C30H34F6O3S/c1-28(2,40(38,39)25-8-5-7-23(17-25)30(34,35)36)24-14-19(15-24)6-3-4-9-27(37)21-12-13-26(20-10-11-20)22(16-21)18-29(31,32)33/h5,7-8,12-13,16-17,19-20,24H,3-4,6,9-11,14-15,18H2,1-2H3. The number of carbonyl (C=O) groups is 1. The molecule has 10 heteroatoms. The molecule has 0 atom stereocenters. The van der Waals surface area contributed by atoms with Crippen molar-refractivity contribution in [2.75, 3.05) is 0 Å². The van der Waals surface area contributed by atoms with Gasteiger partial charge in [0.1, 0.15) is 0 Å². The molecule has 3 nitrogen and oxygen atoms in total. The monoisotopic (exact) mass is 588 g/mol. The van der Waals surface area contributed by atoms with Crippen LogP contribution in [0.5, 0.6) is 0 Å². The Bertz CT molecular complexity index is 1330. The molecule has 2 aliphatic rings. The van der Waals surface area contributed by atoms with Crippen molar-refractivity contribution in [1.29, 1.82) is 0 Å². The number of sulfone groups is 1. The Labute approximate surface area is 231 Å². The summed E-state index contributed by atoms with van der Waals surface area (Å²) in [6, 6.07) is 8.53. The number of ketones is 1. The van der Waals surface area contributed by atoms with Gasteiger partial charge in [-0.3, -0.25) is 4.79 Å². The molecule has 4 rings (SSSR count). The lowest BCUT2D eigenvalue weighted by Gasteiger charge is -2.45. The van der Waals surface area contributed by atoms with E-state index in [2.05, 4.69) is 0 Å². The summed E-state index contributed by atoms with van der Waals surface area (Å²) in [4.78, 5) is 12.3. The molecule has 0 aromatic heterocycles. The fourth-order valence-corrected chi connectivity index (χ4v) is 7.48. The van der Waals surface area contributed by atoms with Crippen LogP contribution in [0.3, 0.4) is 0 Å². The van der Waals surface area contributed by atoms with Gasteiger partial charge >= 0.3 is 12.4 Å². The van der Waals surface area contributed by atoms with Crippen LogP contribution < -0.4 is 0 Å². The molecular formula is C30H34F6O3S. The largest absolute Gasteiger partial charge is 0.416 e. The van der Waals surface area contributed by atoms with E-state index in [-0.39, 0.29) is 40.4 Å². The van der Waals surface area contributed by atoms with Crippen molar-refractivity contribution >= 4 is 15.6 Å². The Morgan fingerprint density at radius 1 is 0.925 bits per heavy atom. The molecule has 0 N–H and O–H groups in total. The van der Waals surface area contributed by atoms with Gasteiger partial charge in [0.15, 0.2) is 15.6 Å². The first-order valence-corrected chi connectivity index (χ1v) is 15.1. The molecule has 2 aromatic carbocycles. The molecule has 2 aliphatic carbocycles. The fourth-order valence-electron chi connectivity index (χ4n) is 5.71. The minimum absolute atomic E-state index is 0.151. The van der Waals surface area contributed by atoms with E-state index < -0.39 is 38.9 Å². The summed E-state index contributed by atoms with van der Waals surface area (Å²) in [5, 5.41) is 0. The van der Waals surface area contributed by atoms with Crippen molar-refractivity contribution in [3.63, 3.8) is 0 Å². The normalized spacial score (nSPS) is 20.3. The third-order valence-electron chi connectivity index (χ3n) is 8.52. The lowest BCUT2D eigenvalue weighted by molar-refractivity contribution is -0.137. The maximum absolute atomic E-state index is 13.2. The number of halogens is 6. The first-order chi connectivity index (χ1) is 18.5. The first kappa shape index (κ1) is 30.6. The quantitative estimate of drug-likeness (QED) is 0.150. The molecule has 2 aromatic rings. The van der Waals surface area contributed by atoms with Crippen LogP contribution in [0.25, 0.3) is 0 Å². The molecule has 40 heavy (non-hydrogen) atoms. The topological polar surface area (TPSA) is 51.2 Å². The van der Waals surface area contributed by atoms with Gasteiger partial charge in [0.25, 0.3) is 0 Å².